The number of anilines is 1. The molecule has 0 saturated carbocycles. The molecule has 27 heavy (non-hydrogen) atoms. The van der Waals surface area contributed by atoms with Crippen molar-refractivity contribution < 1.29 is 9.90 Å². The van der Waals surface area contributed by atoms with Crippen LogP contribution < -0.4 is 10.2 Å². The second kappa shape index (κ2) is 8.24. The fraction of sp³-hybridized carbons (Fsp3) is 0.364. The molecule has 5 nitrogen and oxygen atoms in total. The van der Waals surface area contributed by atoms with Gasteiger partial charge in [0.1, 0.15) is 11.6 Å². The number of amides is 1. The molecule has 2 rings (SSSR count). The summed E-state index contributed by atoms with van der Waals surface area (Å²) >= 11 is 0. The van der Waals surface area contributed by atoms with Crippen LogP contribution in [0.1, 0.15) is 32.8 Å². The van der Waals surface area contributed by atoms with E-state index in [1.165, 1.54) is 0 Å². The molecule has 0 heterocycles. The first kappa shape index (κ1) is 20.5. The Kier molecular flexibility index (Phi) is 6.24. The van der Waals surface area contributed by atoms with E-state index in [0.717, 1.165) is 22.0 Å². The lowest BCUT2D eigenvalue weighted by Crippen LogP contribution is -2.44. The first-order valence-corrected chi connectivity index (χ1v) is 8.94. The van der Waals surface area contributed by atoms with Gasteiger partial charge in [0.05, 0.1) is 0 Å². The van der Waals surface area contributed by atoms with Crippen molar-refractivity contribution in [1.82, 2.24) is 5.32 Å². The van der Waals surface area contributed by atoms with Crippen molar-refractivity contribution in [3.8, 4) is 6.07 Å². The zero-order chi connectivity index (χ0) is 20.2. The highest BCUT2D eigenvalue weighted by Gasteiger charge is 2.23. The van der Waals surface area contributed by atoms with Gasteiger partial charge in [-0.2, -0.15) is 5.26 Å². The van der Waals surface area contributed by atoms with Gasteiger partial charge in [0.25, 0.3) is 5.91 Å². The van der Waals surface area contributed by atoms with E-state index >= 15 is 0 Å². The van der Waals surface area contributed by atoms with Gasteiger partial charge in [-0.3, -0.25) is 4.79 Å². The number of carbonyl (C=O) groups excluding carboxylic acids is 1. The minimum absolute atomic E-state index is 0.0303. The molecule has 0 bridgehead atoms. The van der Waals surface area contributed by atoms with Crippen LogP contribution in [0.25, 0.3) is 16.3 Å². The second-order valence-corrected chi connectivity index (χ2v) is 7.56. The third-order valence-electron chi connectivity index (χ3n) is 4.68. The van der Waals surface area contributed by atoms with Crippen LogP contribution in [0.4, 0.5) is 5.69 Å². The summed E-state index contributed by atoms with van der Waals surface area (Å²) in [5.41, 5.74) is 2.09. The van der Waals surface area contributed by atoms with Gasteiger partial charge in [-0.1, -0.05) is 18.2 Å². The number of nitrogens with one attached hydrogen (secondary N) is 1. The summed E-state index contributed by atoms with van der Waals surface area (Å²) in [7, 11) is 4.00. The van der Waals surface area contributed by atoms with E-state index in [0.29, 0.717) is 12.0 Å². The number of rotatable bonds is 6. The minimum atomic E-state index is -0.583. The van der Waals surface area contributed by atoms with Gasteiger partial charge in [-0.25, -0.2) is 0 Å². The normalized spacial score (nSPS) is 12.3. The average molecular weight is 365 g/mol. The summed E-state index contributed by atoms with van der Waals surface area (Å²) < 4.78 is 0. The predicted molar refractivity (Wildman–Crippen MR) is 110 cm³/mol. The maximum absolute atomic E-state index is 12.6. The number of carbonyl (C=O) groups is 1. The highest BCUT2D eigenvalue weighted by atomic mass is 16.3. The highest BCUT2D eigenvalue weighted by Crippen LogP contribution is 2.26. The molecule has 2 N–H and O–H groups in total. The van der Waals surface area contributed by atoms with E-state index in [4.69, 9.17) is 5.11 Å². The van der Waals surface area contributed by atoms with Crippen molar-refractivity contribution in [3.05, 3.63) is 47.5 Å². The molecule has 0 atom stereocenters. The van der Waals surface area contributed by atoms with Gasteiger partial charge in [0.2, 0.25) is 0 Å². The van der Waals surface area contributed by atoms with Gasteiger partial charge in [-0.05, 0) is 67.3 Å². The van der Waals surface area contributed by atoms with Crippen molar-refractivity contribution >= 4 is 27.9 Å². The number of aliphatic hydroxyl groups is 1. The number of hydrogen-bond donors (Lipinski definition) is 2. The zero-order valence-electron chi connectivity index (χ0n) is 16.6. The molecular formula is C22H27N3O2. The number of aliphatic hydroxyl groups excluding tert-OH is 1. The Balaban J connectivity index is 2.40. The van der Waals surface area contributed by atoms with Gasteiger partial charge >= 0.3 is 0 Å². The van der Waals surface area contributed by atoms with Crippen LogP contribution in [-0.2, 0) is 4.79 Å². The first-order valence-electron chi connectivity index (χ1n) is 8.94. The molecule has 0 fully saturated rings. The maximum atomic E-state index is 12.6. The molecule has 0 aliphatic rings. The molecule has 5 heteroatoms. The van der Waals surface area contributed by atoms with Crippen molar-refractivity contribution in [2.75, 3.05) is 25.6 Å². The molecule has 0 aromatic heterocycles. The van der Waals surface area contributed by atoms with Crippen LogP contribution >= 0.6 is 0 Å². The Hall–Kier alpha value is -2.84. The maximum Gasteiger partial charge on any atom is 0.262 e. The Morgan fingerprint density at radius 1 is 1.19 bits per heavy atom. The average Bonchev–Trinajstić information content (AvgIpc) is 2.60. The van der Waals surface area contributed by atoms with Crippen molar-refractivity contribution in [1.29, 1.82) is 5.26 Å². The molecule has 0 aliphatic heterocycles. The summed E-state index contributed by atoms with van der Waals surface area (Å²) in [5.74, 6) is -0.420. The molecule has 0 saturated heterocycles. The third kappa shape index (κ3) is 4.87. The number of allylic oxidation sites excluding steroid dienone is 1. The van der Waals surface area contributed by atoms with Crippen molar-refractivity contribution in [2.24, 2.45) is 0 Å². The second-order valence-electron chi connectivity index (χ2n) is 7.56. The van der Waals surface area contributed by atoms with E-state index in [-0.39, 0.29) is 12.2 Å². The predicted octanol–water partition coefficient (Wildman–Crippen LogP) is 3.48. The first-order chi connectivity index (χ1) is 12.7. The van der Waals surface area contributed by atoms with E-state index in [1.54, 1.807) is 6.92 Å². The van der Waals surface area contributed by atoms with Gasteiger partial charge in [-0.15, -0.1) is 0 Å². The summed E-state index contributed by atoms with van der Waals surface area (Å²) in [6.07, 6.45) is 0.417. The van der Waals surface area contributed by atoms with Gasteiger partial charge in [0, 0.05) is 31.9 Å². The standard InChI is InChI=1S/C22H27N3O2/c1-15(20(14-23)21(27)24-22(2,3)10-11-26)16-6-7-18-13-19(25(4)5)9-8-17(18)12-16/h6-9,12-13,26H,10-11H2,1-5H3,(H,24,27)/b20-15+. The summed E-state index contributed by atoms with van der Waals surface area (Å²) in [5, 5.41) is 23.6. The number of nitrogens with zero attached hydrogens (tertiary/aromatic N) is 2. The minimum Gasteiger partial charge on any atom is -0.396 e. The van der Waals surface area contributed by atoms with Crippen molar-refractivity contribution in [2.45, 2.75) is 32.7 Å². The largest absolute Gasteiger partial charge is 0.396 e. The van der Waals surface area contributed by atoms with Crippen LogP contribution in [0.3, 0.4) is 0 Å². The SMILES string of the molecule is C/C(=C(/C#N)C(=O)NC(C)(C)CCO)c1ccc2cc(N(C)C)ccc2c1. The number of hydrogen-bond acceptors (Lipinski definition) is 4. The third-order valence-corrected chi connectivity index (χ3v) is 4.68. The van der Waals surface area contributed by atoms with E-state index in [1.807, 2.05) is 69.2 Å². The lowest BCUT2D eigenvalue weighted by molar-refractivity contribution is -0.118. The van der Waals surface area contributed by atoms with E-state index in [2.05, 4.69) is 11.4 Å². The Morgan fingerprint density at radius 2 is 1.81 bits per heavy atom. The van der Waals surface area contributed by atoms with Crippen LogP contribution in [0.15, 0.2) is 42.0 Å². The number of nitriles is 1. The highest BCUT2D eigenvalue weighted by molar-refractivity contribution is 6.05. The molecule has 0 radical (unpaired) electrons. The Morgan fingerprint density at radius 3 is 2.41 bits per heavy atom. The molecule has 2 aromatic carbocycles. The van der Waals surface area contributed by atoms with E-state index in [9.17, 15) is 10.1 Å². The lowest BCUT2D eigenvalue weighted by Gasteiger charge is -2.25. The number of fused-ring (bicyclic) bond motifs is 1. The molecule has 0 aliphatic carbocycles. The summed E-state index contributed by atoms with van der Waals surface area (Å²) in [6, 6.07) is 14.2. The smallest absolute Gasteiger partial charge is 0.262 e. The molecule has 2 aromatic rings. The molecule has 0 unspecified atom stereocenters. The topological polar surface area (TPSA) is 76.4 Å². The Bertz CT molecular complexity index is 921. The van der Waals surface area contributed by atoms with Crippen LogP contribution in [0.5, 0.6) is 0 Å². The Labute approximate surface area is 160 Å². The fourth-order valence-electron chi connectivity index (χ4n) is 2.91. The van der Waals surface area contributed by atoms with Gasteiger partial charge < -0.3 is 15.3 Å². The van der Waals surface area contributed by atoms with Crippen LogP contribution in [0.2, 0.25) is 0 Å². The quantitative estimate of drug-likeness (QED) is 0.607. The van der Waals surface area contributed by atoms with Crippen LogP contribution in [0, 0.1) is 11.3 Å². The van der Waals surface area contributed by atoms with Crippen molar-refractivity contribution in [3.63, 3.8) is 0 Å². The summed E-state index contributed by atoms with van der Waals surface area (Å²) in [6.45, 7) is 5.40. The van der Waals surface area contributed by atoms with Gasteiger partial charge in [0.15, 0.2) is 0 Å². The molecule has 142 valence electrons. The fourth-order valence-corrected chi connectivity index (χ4v) is 2.91. The van der Waals surface area contributed by atoms with E-state index < -0.39 is 11.4 Å². The monoisotopic (exact) mass is 365 g/mol. The molecule has 0 spiro atoms. The summed E-state index contributed by atoms with van der Waals surface area (Å²) in [4.78, 5) is 14.6. The van der Waals surface area contributed by atoms with Crippen LogP contribution in [-0.4, -0.2) is 37.3 Å². The number of benzene rings is 2. The molecule has 1 amide bonds. The lowest BCUT2D eigenvalue weighted by atomic mass is 9.96. The zero-order valence-corrected chi connectivity index (χ0v) is 16.6. The molecular weight excluding hydrogens is 338 g/mol.